The number of furan rings is 1. The Labute approximate surface area is 147 Å². The molecule has 0 aliphatic rings. The van der Waals surface area contributed by atoms with E-state index in [0.29, 0.717) is 35.6 Å². The van der Waals surface area contributed by atoms with Gasteiger partial charge in [-0.05, 0) is 28.4 Å². The quantitative estimate of drug-likeness (QED) is 0.596. The van der Waals surface area contributed by atoms with Crippen LogP contribution in [0.2, 0.25) is 0 Å². The van der Waals surface area contributed by atoms with Crippen LogP contribution >= 0.6 is 15.9 Å². The lowest BCUT2D eigenvalue weighted by atomic mass is 10.3. The molecule has 7 nitrogen and oxygen atoms in total. The number of aromatic nitrogens is 3. The van der Waals surface area contributed by atoms with Crippen molar-refractivity contribution in [2.45, 2.75) is 19.5 Å². The van der Waals surface area contributed by atoms with Crippen molar-refractivity contribution in [1.82, 2.24) is 19.7 Å². The third-order valence-electron chi connectivity index (χ3n) is 3.72. The zero-order valence-electron chi connectivity index (χ0n) is 13.4. The van der Waals surface area contributed by atoms with Crippen LogP contribution in [0.15, 0.2) is 39.7 Å². The van der Waals surface area contributed by atoms with Crippen LogP contribution in [0.3, 0.4) is 0 Å². The fourth-order valence-corrected chi connectivity index (χ4v) is 2.98. The number of amides is 1. The molecule has 1 amide bonds. The first-order valence-electron chi connectivity index (χ1n) is 7.72. The number of rotatable bonds is 8. The minimum absolute atomic E-state index is 0.117. The SMILES string of the molecule is COCCn1c(C(=O)NCCCn2cccn2)cc2oc(Br)cc21. The molecule has 0 radical (unpaired) electrons. The Morgan fingerprint density at radius 3 is 3.04 bits per heavy atom. The number of fused-ring (bicyclic) bond motifs is 1. The van der Waals surface area contributed by atoms with E-state index in [4.69, 9.17) is 9.15 Å². The highest BCUT2D eigenvalue weighted by Crippen LogP contribution is 2.27. The van der Waals surface area contributed by atoms with Gasteiger partial charge in [0.05, 0.1) is 12.1 Å². The van der Waals surface area contributed by atoms with Gasteiger partial charge in [0, 0.05) is 51.3 Å². The Morgan fingerprint density at radius 2 is 2.29 bits per heavy atom. The lowest BCUT2D eigenvalue weighted by Gasteiger charge is -2.10. The van der Waals surface area contributed by atoms with E-state index in [-0.39, 0.29) is 5.91 Å². The molecule has 128 valence electrons. The van der Waals surface area contributed by atoms with Crippen molar-refractivity contribution >= 4 is 32.9 Å². The number of nitrogens with one attached hydrogen (secondary N) is 1. The molecular formula is C16H19BrN4O3. The third-order valence-corrected chi connectivity index (χ3v) is 4.11. The molecule has 3 aromatic rings. The van der Waals surface area contributed by atoms with Gasteiger partial charge in [-0.1, -0.05) is 0 Å². The molecule has 3 heterocycles. The number of hydrogen-bond acceptors (Lipinski definition) is 4. The summed E-state index contributed by atoms with van der Waals surface area (Å²) < 4.78 is 15.1. The monoisotopic (exact) mass is 394 g/mol. The van der Waals surface area contributed by atoms with E-state index < -0.39 is 0 Å². The van der Waals surface area contributed by atoms with Crippen LogP contribution in [0.4, 0.5) is 0 Å². The van der Waals surface area contributed by atoms with Crippen molar-refractivity contribution in [2.24, 2.45) is 0 Å². The maximum atomic E-state index is 12.5. The molecule has 0 saturated heterocycles. The summed E-state index contributed by atoms with van der Waals surface area (Å²) in [5.41, 5.74) is 2.13. The third kappa shape index (κ3) is 3.70. The first-order valence-corrected chi connectivity index (χ1v) is 8.51. The highest BCUT2D eigenvalue weighted by molar-refractivity contribution is 9.10. The second kappa shape index (κ2) is 7.67. The lowest BCUT2D eigenvalue weighted by Crippen LogP contribution is -2.28. The van der Waals surface area contributed by atoms with Crippen LogP contribution in [0, 0.1) is 0 Å². The smallest absolute Gasteiger partial charge is 0.268 e. The van der Waals surface area contributed by atoms with Crippen molar-refractivity contribution in [3.63, 3.8) is 0 Å². The minimum Gasteiger partial charge on any atom is -0.448 e. The number of carbonyl (C=O) groups excluding carboxylic acids is 1. The number of methoxy groups -OCH3 is 1. The summed E-state index contributed by atoms with van der Waals surface area (Å²) in [6, 6.07) is 5.51. The van der Waals surface area contributed by atoms with Gasteiger partial charge in [-0.2, -0.15) is 5.10 Å². The van der Waals surface area contributed by atoms with Crippen LogP contribution in [0.25, 0.3) is 11.1 Å². The number of aryl methyl sites for hydroxylation is 1. The average Bonchev–Trinajstić information content (AvgIpc) is 3.26. The van der Waals surface area contributed by atoms with Crippen molar-refractivity contribution in [2.75, 3.05) is 20.3 Å². The summed E-state index contributed by atoms with van der Waals surface area (Å²) in [5.74, 6) is -0.117. The Balaban J connectivity index is 1.65. The highest BCUT2D eigenvalue weighted by atomic mass is 79.9. The fraction of sp³-hybridized carbons (Fsp3) is 0.375. The Bertz CT molecular complexity index is 807. The van der Waals surface area contributed by atoms with Gasteiger partial charge < -0.3 is 19.0 Å². The molecule has 0 aliphatic heterocycles. The van der Waals surface area contributed by atoms with Crippen LogP contribution in [-0.4, -0.2) is 40.5 Å². The number of nitrogens with zero attached hydrogens (tertiary/aromatic N) is 3. The van der Waals surface area contributed by atoms with Crippen molar-refractivity contribution < 1.29 is 13.9 Å². The van der Waals surface area contributed by atoms with Crippen LogP contribution in [-0.2, 0) is 17.8 Å². The molecule has 0 atom stereocenters. The molecule has 0 fully saturated rings. The predicted molar refractivity (Wildman–Crippen MR) is 93.0 cm³/mol. The van der Waals surface area contributed by atoms with E-state index in [9.17, 15) is 4.79 Å². The lowest BCUT2D eigenvalue weighted by molar-refractivity contribution is 0.0941. The molecule has 3 aromatic heterocycles. The van der Waals surface area contributed by atoms with Crippen LogP contribution < -0.4 is 5.32 Å². The molecule has 8 heteroatoms. The molecule has 3 rings (SSSR count). The summed E-state index contributed by atoms with van der Waals surface area (Å²) in [6.07, 6.45) is 4.46. The molecule has 0 aliphatic carbocycles. The van der Waals surface area contributed by atoms with Gasteiger partial charge >= 0.3 is 0 Å². The minimum atomic E-state index is -0.117. The largest absolute Gasteiger partial charge is 0.448 e. The topological polar surface area (TPSA) is 74.2 Å². The maximum Gasteiger partial charge on any atom is 0.268 e. The van der Waals surface area contributed by atoms with Gasteiger partial charge in [-0.25, -0.2) is 0 Å². The van der Waals surface area contributed by atoms with Gasteiger partial charge in [-0.3, -0.25) is 9.48 Å². The number of carbonyl (C=O) groups is 1. The zero-order chi connectivity index (χ0) is 16.9. The van der Waals surface area contributed by atoms with Gasteiger partial charge in [0.1, 0.15) is 5.69 Å². The first kappa shape index (κ1) is 16.8. The summed E-state index contributed by atoms with van der Waals surface area (Å²) in [6.45, 7) is 2.46. The van der Waals surface area contributed by atoms with E-state index in [0.717, 1.165) is 18.5 Å². The molecule has 0 unspecified atom stereocenters. The summed E-state index contributed by atoms with van der Waals surface area (Å²) in [7, 11) is 1.64. The summed E-state index contributed by atoms with van der Waals surface area (Å²) in [4.78, 5) is 12.5. The van der Waals surface area contributed by atoms with Gasteiger partial charge in [0.2, 0.25) is 0 Å². The number of ether oxygens (including phenoxy) is 1. The normalized spacial score (nSPS) is 11.2. The van der Waals surface area contributed by atoms with Crippen molar-refractivity contribution in [3.05, 3.63) is 41.0 Å². The van der Waals surface area contributed by atoms with Crippen LogP contribution in [0.1, 0.15) is 16.9 Å². The summed E-state index contributed by atoms with van der Waals surface area (Å²) in [5, 5.41) is 7.09. The van der Waals surface area contributed by atoms with E-state index >= 15 is 0 Å². The van der Waals surface area contributed by atoms with E-state index in [1.165, 1.54) is 0 Å². The second-order valence-corrected chi connectivity index (χ2v) is 6.13. The van der Waals surface area contributed by atoms with Gasteiger partial charge in [-0.15, -0.1) is 0 Å². The molecule has 0 saturated carbocycles. The molecule has 0 bridgehead atoms. The number of hydrogen-bond donors (Lipinski definition) is 1. The molecule has 0 aromatic carbocycles. The Kier molecular flexibility index (Phi) is 5.37. The molecule has 1 N–H and O–H groups in total. The first-order chi connectivity index (χ1) is 11.7. The fourth-order valence-electron chi connectivity index (χ4n) is 2.59. The Morgan fingerprint density at radius 1 is 1.42 bits per heavy atom. The average molecular weight is 395 g/mol. The Hall–Kier alpha value is -2.06. The van der Waals surface area contributed by atoms with Gasteiger partial charge in [0.25, 0.3) is 5.91 Å². The van der Waals surface area contributed by atoms with Crippen LogP contribution in [0.5, 0.6) is 0 Å². The van der Waals surface area contributed by atoms with E-state index in [2.05, 4.69) is 26.3 Å². The standard InChI is InChI=1S/C16H19BrN4O3/c1-23-9-8-21-12-11-15(17)24-14(12)10-13(21)16(22)18-4-2-6-20-7-3-5-19-20/h3,5,7,10-11H,2,4,6,8-9H2,1H3,(H,18,22). The molecule has 0 spiro atoms. The number of halogens is 1. The van der Waals surface area contributed by atoms with Gasteiger partial charge in [0.15, 0.2) is 10.3 Å². The van der Waals surface area contributed by atoms with E-state index in [1.807, 2.05) is 27.6 Å². The second-order valence-electron chi connectivity index (χ2n) is 5.35. The maximum absolute atomic E-state index is 12.5. The van der Waals surface area contributed by atoms with E-state index in [1.54, 1.807) is 19.4 Å². The zero-order valence-corrected chi connectivity index (χ0v) is 15.0. The predicted octanol–water partition coefficient (Wildman–Crippen LogP) is 2.66. The highest BCUT2D eigenvalue weighted by Gasteiger charge is 2.18. The summed E-state index contributed by atoms with van der Waals surface area (Å²) >= 11 is 3.32. The molecular weight excluding hydrogens is 376 g/mol. The van der Waals surface area contributed by atoms with Crippen molar-refractivity contribution in [1.29, 1.82) is 0 Å². The van der Waals surface area contributed by atoms with Crippen molar-refractivity contribution in [3.8, 4) is 0 Å². The molecule has 24 heavy (non-hydrogen) atoms.